The van der Waals surface area contributed by atoms with Crippen LogP contribution in [0.1, 0.15) is 26.9 Å². The Hall–Kier alpha value is -3.32. The summed E-state index contributed by atoms with van der Waals surface area (Å²) in [5.74, 6) is 0.316. The standard InChI is InChI=1S/C24H21FN2O3S/c1-15-6-9-19(13-21(15)25)27-22(28)14-31-24(27)17-4-3-5-18(12-17)26-23(29)16-7-10-20(30-2)11-8-16/h3-13,24H,14H2,1-2H3,(H,26,29)/t24-/m1/s1. The van der Waals surface area contributed by atoms with Crippen LogP contribution in [0.25, 0.3) is 0 Å². The van der Waals surface area contributed by atoms with Crippen molar-refractivity contribution in [2.45, 2.75) is 12.3 Å². The van der Waals surface area contributed by atoms with Crippen molar-refractivity contribution in [2.24, 2.45) is 0 Å². The first-order valence-electron chi connectivity index (χ1n) is 9.71. The molecule has 0 aromatic heterocycles. The zero-order valence-corrected chi connectivity index (χ0v) is 17.9. The van der Waals surface area contributed by atoms with Gasteiger partial charge >= 0.3 is 0 Å². The molecule has 0 aliphatic carbocycles. The first kappa shape index (κ1) is 20.9. The number of hydrogen-bond acceptors (Lipinski definition) is 4. The van der Waals surface area contributed by atoms with Gasteiger partial charge in [0.25, 0.3) is 5.91 Å². The summed E-state index contributed by atoms with van der Waals surface area (Å²) in [5.41, 5.74) is 3.03. The number of anilines is 2. The predicted octanol–water partition coefficient (Wildman–Crippen LogP) is 5.17. The van der Waals surface area contributed by atoms with E-state index in [4.69, 9.17) is 4.74 Å². The Morgan fingerprint density at radius 2 is 1.90 bits per heavy atom. The van der Waals surface area contributed by atoms with Gasteiger partial charge in [0.15, 0.2) is 0 Å². The van der Waals surface area contributed by atoms with E-state index in [-0.39, 0.29) is 23.0 Å². The fourth-order valence-electron chi connectivity index (χ4n) is 3.40. The lowest BCUT2D eigenvalue weighted by molar-refractivity contribution is -0.115. The molecule has 0 spiro atoms. The lowest BCUT2D eigenvalue weighted by Crippen LogP contribution is -2.28. The molecule has 0 saturated carbocycles. The first-order valence-corrected chi connectivity index (χ1v) is 10.8. The van der Waals surface area contributed by atoms with Crippen molar-refractivity contribution in [3.05, 3.63) is 89.2 Å². The predicted molar refractivity (Wildman–Crippen MR) is 121 cm³/mol. The number of hydrogen-bond donors (Lipinski definition) is 1. The van der Waals surface area contributed by atoms with E-state index in [9.17, 15) is 14.0 Å². The molecule has 2 amide bonds. The molecule has 0 radical (unpaired) electrons. The second-order valence-electron chi connectivity index (χ2n) is 7.17. The van der Waals surface area contributed by atoms with Crippen LogP contribution >= 0.6 is 11.8 Å². The molecule has 1 aliphatic heterocycles. The molecule has 1 N–H and O–H groups in total. The minimum absolute atomic E-state index is 0.0778. The Balaban J connectivity index is 1.57. The number of thioether (sulfide) groups is 1. The van der Waals surface area contributed by atoms with Gasteiger partial charge in [0.2, 0.25) is 5.91 Å². The van der Waals surface area contributed by atoms with E-state index in [1.165, 1.54) is 17.8 Å². The van der Waals surface area contributed by atoms with Gasteiger partial charge in [-0.05, 0) is 66.6 Å². The molecule has 3 aromatic carbocycles. The topological polar surface area (TPSA) is 58.6 Å². The number of methoxy groups -OCH3 is 1. The fourth-order valence-corrected chi connectivity index (χ4v) is 4.56. The van der Waals surface area contributed by atoms with Crippen molar-refractivity contribution in [3.8, 4) is 5.75 Å². The molecule has 158 valence electrons. The highest BCUT2D eigenvalue weighted by Crippen LogP contribution is 2.42. The van der Waals surface area contributed by atoms with Gasteiger partial charge in [-0.25, -0.2) is 4.39 Å². The van der Waals surface area contributed by atoms with E-state index in [0.717, 1.165) is 5.56 Å². The number of halogens is 1. The van der Waals surface area contributed by atoms with Crippen molar-refractivity contribution in [1.29, 1.82) is 0 Å². The summed E-state index contributed by atoms with van der Waals surface area (Å²) in [6.45, 7) is 1.69. The van der Waals surface area contributed by atoms with Gasteiger partial charge < -0.3 is 10.1 Å². The molecular formula is C24H21FN2O3S. The quantitative estimate of drug-likeness (QED) is 0.599. The van der Waals surface area contributed by atoms with Crippen molar-refractivity contribution >= 4 is 35.0 Å². The number of nitrogens with one attached hydrogen (secondary N) is 1. The van der Waals surface area contributed by atoms with Gasteiger partial charge in [-0.3, -0.25) is 14.5 Å². The Kier molecular flexibility index (Phi) is 5.95. The molecular weight excluding hydrogens is 415 g/mol. The van der Waals surface area contributed by atoms with Gasteiger partial charge in [0.1, 0.15) is 16.9 Å². The van der Waals surface area contributed by atoms with E-state index >= 15 is 0 Å². The van der Waals surface area contributed by atoms with Gasteiger partial charge in [-0.2, -0.15) is 0 Å². The van der Waals surface area contributed by atoms with Crippen LogP contribution in [0.5, 0.6) is 5.75 Å². The van der Waals surface area contributed by atoms with Crippen LogP contribution in [0.15, 0.2) is 66.7 Å². The number of amides is 2. The average Bonchev–Trinajstić information content (AvgIpc) is 3.17. The number of nitrogens with zero attached hydrogens (tertiary/aromatic N) is 1. The number of rotatable bonds is 5. The molecule has 7 heteroatoms. The van der Waals surface area contributed by atoms with E-state index in [1.807, 2.05) is 18.2 Å². The number of carbonyl (C=O) groups excluding carboxylic acids is 2. The van der Waals surface area contributed by atoms with Crippen molar-refractivity contribution in [3.63, 3.8) is 0 Å². The molecule has 1 saturated heterocycles. The summed E-state index contributed by atoms with van der Waals surface area (Å²) in [4.78, 5) is 26.8. The number of benzene rings is 3. The third kappa shape index (κ3) is 4.41. The summed E-state index contributed by atoms with van der Waals surface area (Å²) in [5, 5.41) is 2.59. The minimum atomic E-state index is -0.346. The van der Waals surface area contributed by atoms with Crippen molar-refractivity contribution in [1.82, 2.24) is 0 Å². The highest BCUT2D eigenvalue weighted by atomic mass is 32.2. The summed E-state index contributed by atoms with van der Waals surface area (Å²) in [6.07, 6.45) is 0. The SMILES string of the molecule is COc1ccc(C(=O)Nc2cccc([C@H]3SCC(=O)N3c3ccc(C)c(F)c3)c2)cc1. The second-order valence-corrected chi connectivity index (χ2v) is 8.24. The molecule has 31 heavy (non-hydrogen) atoms. The molecule has 1 atom stereocenters. The van der Waals surface area contributed by atoms with E-state index in [0.29, 0.717) is 34.0 Å². The molecule has 1 heterocycles. The van der Waals surface area contributed by atoms with Crippen LogP contribution in [0.2, 0.25) is 0 Å². The highest BCUT2D eigenvalue weighted by molar-refractivity contribution is 8.00. The van der Waals surface area contributed by atoms with Crippen LogP contribution in [-0.4, -0.2) is 24.7 Å². The summed E-state index contributed by atoms with van der Waals surface area (Å²) < 4.78 is 19.2. The minimum Gasteiger partial charge on any atom is -0.497 e. The maximum Gasteiger partial charge on any atom is 0.255 e. The Bertz CT molecular complexity index is 1130. The third-order valence-electron chi connectivity index (χ3n) is 5.08. The van der Waals surface area contributed by atoms with E-state index in [1.54, 1.807) is 61.4 Å². The smallest absolute Gasteiger partial charge is 0.255 e. The second kappa shape index (κ2) is 8.81. The van der Waals surface area contributed by atoms with Gasteiger partial charge in [0, 0.05) is 16.9 Å². The molecule has 5 nitrogen and oxygen atoms in total. The number of ether oxygens (including phenoxy) is 1. The monoisotopic (exact) mass is 436 g/mol. The maximum absolute atomic E-state index is 14.1. The van der Waals surface area contributed by atoms with Crippen LogP contribution in [0, 0.1) is 12.7 Å². The van der Waals surface area contributed by atoms with Gasteiger partial charge in [0.05, 0.1) is 12.9 Å². The molecule has 4 rings (SSSR count). The van der Waals surface area contributed by atoms with Crippen LogP contribution in [0.4, 0.5) is 15.8 Å². The summed E-state index contributed by atoms with van der Waals surface area (Å²) >= 11 is 1.47. The zero-order chi connectivity index (χ0) is 22.0. The summed E-state index contributed by atoms with van der Waals surface area (Å²) in [6, 6.07) is 19.0. The Labute approximate surface area is 184 Å². The van der Waals surface area contributed by atoms with Crippen LogP contribution in [-0.2, 0) is 4.79 Å². The molecule has 3 aromatic rings. The normalized spacial score (nSPS) is 15.8. The van der Waals surface area contributed by atoms with Crippen molar-refractivity contribution < 1.29 is 18.7 Å². The lowest BCUT2D eigenvalue weighted by Gasteiger charge is -2.25. The lowest BCUT2D eigenvalue weighted by atomic mass is 10.1. The van der Waals surface area contributed by atoms with Gasteiger partial charge in [-0.15, -0.1) is 11.8 Å². The fraction of sp³-hybridized carbons (Fsp3) is 0.167. The molecule has 0 bridgehead atoms. The van der Waals surface area contributed by atoms with E-state index in [2.05, 4.69) is 5.32 Å². The molecule has 1 fully saturated rings. The molecule has 0 unspecified atom stereocenters. The zero-order valence-electron chi connectivity index (χ0n) is 17.1. The number of carbonyl (C=O) groups is 2. The average molecular weight is 437 g/mol. The Morgan fingerprint density at radius 1 is 1.13 bits per heavy atom. The Morgan fingerprint density at radius 3 is 2.61 bits per heavy atom. The first-order chi connectivity index (χ1) is 15.0. The number of aryl methyl sites for hydroxylation is 1. The van der Waals surface area contributed by atoms with E-state index < -0.39 is 0 Å². The summed E-state index contributed by atoms with van der Waals surface area (Å²) in [7, 11) is 1.57. The molecule has 1 aliphatic rings. The highest BCUT2D eigenvalue weighted by Gasteiger charge is 2.34. The third-order valence-corrected chi connectivity index (χ3v) is 6.30. The maximum atomic E-state index is 14.1. The van der Waals surface area contributed by atoms with Crippen LogP contribution in [0.3, 0.4) is 0 Å². The van der Waals surface area contributed by atoms with Crippen LogP contribution < -0.4 is 15.0 Å². The van der Waals surface area contributed by atoms with Crippen molar-refractivity contribution in [2.75, 3.05) is 23.1 Å². The van der Waals surface area contributed by atoms with Gasteiger partial charge in [-0.1, -0.05) is 18.2 Å². The largest absolute Gasteiger partial charge is 0.497 e.